The number of carbonyl (C=O) groups is 1. The van der Waals surface area contributed by atoms with Crippen LogP contribution in [0.4, 0.5) is 9.18 Å². The van der Waals surface area contributed by atoms with Crippen molar-refractivity contribution in [3.8, 4) is 0 Å². The second kappa shape index (κ2) is 6.37. The minimum absolute atomic E-state index is 0.259. The zero-order valence-electron chi connectivity index (χ0n) is 10.6. The molecule has 1 heterocycles. The van der Waals surface area contributed by atoms with Gasteiger partial charge in [-0.2, -0.15) is 0 Å². The smallest absolute Gasteiger partial charge is 0.410 e. The van der Waals surface area contributed by atoms with Crippen molar-refractivity contribution in [1.82, 2.24) is 4.90 Å². The molecule has 1 amide bonds. The molecule has 1 aliphatic rings. The number of carbonyl (C=O) groups excluding carboxylic acids is 1. The van der Waals surface area contributed by atoms with Crippen molar-refractivity contribution < 1.29 is 13.9 Å². The van der Waals surface area contributed by atoms with E-state index in [0.29, 0.717) is 31.3 Å². The Morgan fingerprint density at radius 1 is 1.32 bits per heavy atom. The maximum Gasteiger partial charge on any atom is 0.410 e. The topological polar surface area (TPSA) is 29.5 Å². The van der Waals surface area contributed by atoms with Crippen LogP contribution in [-0.2, 0) is 11.3 Å². The van der Waals surface area contributed by atoms with Crippen molar-refractivity contribution in [2.75, 3.05) is 18.4 Å². The van der Waals surface area contributed by atoms with Crippen LogP contribution < -0.4 is 0 Å². The summed E-state index contributed by atoms with van der Waals surface area (Å²) in [4.78, 5) is 13.4. The van der Waals surface area contributed by atoms with Gasteiger partial charge in [0.25, 0.3) is 0 Å². The Labute approximate surface area is 120 Å². The van der Waals surface area contributed by atoms with Crippen LogP contribution in [0.5, 0.6) is 0 Å². The predicted molar refractivity (Wildman–Crippen MR) is 75.1 cm³/mol. The van der Waals surface area contributed by atoms with Gasteiger partial charge in [-0.1, -0.05) is 46.3 Å². The van der Waals surface area contributed by atoms with Crippen molar-refractivity contribution >= 4 is 22.0 Å². The molecule has 0 aliphatic carbocycles. The summed E-state index contributed by atoms with van der Waals surface area (Å²) in [6, 6.07) is 9.52. The first-order valence-electron chi connectivity index (χ1n) is 6.33. The number of amides is 1. The number of likely N-dealkylation sites (tertiary alicyclic amines) is 1. The summed E-state index contributed by atoms with van der Waals surface area (Å²) in [7, 11) is 0. The third-order valence-corrected chi connectivity index (χ3v) is 4.37. The summed E-state index contributed by atoms with van der Waals surface area (Å²) in [5, 5.41) is 0.326. The largest absolute Gasteiger partial charge is 0.445 e. The lowest BCUT2D eigenvalue weighted by molar-refractivity contribution is 0.0524. The number of nitrogens with zero attached hydrogens (tertiary/aromatic N) is 1. The molecule has 3 nitrogen and oxygen atoms in total. The zero-order chi connectivity index (χ0) is 13.7. The number of ether oxygens (including phenoxy) is 1. The van der Waals surface area contributed by atoms with E-state index in [2.05, 4.69) is 15.9 Å². The highest BCUT2D eigenvalue weighted by atomic mass is 79.9. The summed E-state index contributed by atoms with van der Waals surface area (Å²) in [6.45, 7) is 1.08. The second-order valence-electron chi connectivity index (χ2n) is 4.81. The van der Waals surface area contributed by atoms with Crippen molar-refractivity contribution in [2.24, 2.45) is 0 Å². The molecule has 0 saturated carbocycles. The van der Waals surface area contributed by atoms with Crippen LogP contribution in [0.25, 0.3) is 0 Å². The van der Waals surface area contributed by atoms with Crippen molar-refractivity contribution in [1.29, 1.82) is 0 Å². The maximum absolute atomic E-state index is 14.0. The van der Waals surface area contributed by atoms with Crippen LogP contribution in [0.15, 0.2) is 30.3 Å². The van der Waals surface area contributed by atoms with E-state index in [0.717, 1.165) is 5.56 Å². The fourth-order valence-corrected chi connectivity index (χ4v) is 2.59. The number of rotatable bonds is 3. The van der Waals surface area contributed by atoms with Gasteiger partial charge in [-0.3, -0.25) is 0 Å². The molecule has 1 aromatic rings. The minimum atomic E-state index is -1.18. The predicted octanol–water partition coefficient (Wildman–Crippen LogP) is 3.52. The molecule has 1 aliphatic heterocycles. The SMILES string of the molecule is O=C(OCc1ccccc1)N1CCC(F)(CBr)CC1. The fourth-order valence-electron chi connectivity index (χ4n) is 2.03. The number of piperidine rings is 1. The van der Waals surface area contributed by atoms with Crippen LogP contribution >= 0.6 is 15.9 Å². The molecule has 0 aromatic heterocycles. The molecule has 1 fully saturated rings. The van der Waals surface area contributed by atoms with Gasteiger partial charge in [0.05, 0.1) is 0 Å². The minimum Gasteiger partial charge on any atom is -0.445 e. The molecule has 0 bridgehead atoms. The van der Waals surface area contributed by atoms with Gasteiger partial charge in [-0.25, -0.2) is 9.18 Å². The van der Waals surface area contributed by atoms with Crippen molar-refractivity contribution in [3.63, 3.8) is 0 Å². The first-order chi connectivity index (χ1) is 9.13. The van der Waals surface area contributed by atoms with Crippen LogP contribution in [0.1, 0.15) is 18.4 Å². The molecule has 5 heteroatoms. The fraction of sp³-hybridized carbons (Fsp3) is 0.500. The van der Waals surface area contributed by atoms with E-state index in [1.54, 1.807) is 4.90 Å². The Hall–Kier alpha value is -1.10. The quantitative estimate of drug-likeness (QED) is 0.794. The van der Waals surface area contributed by atoms with E-state index in [4.69, 9.17) is 4.74 Å². The molecule has 0 radical (unpaired) electrons. The number of alkyl halides is 2. The Morgan fingerprint density at radius 2 is 1.95 bits per heavy atom. The average molecular weight is 330 g/mol. The molecule has 1 saturated heterocycles. The van der Waals surface area contributed by atoms with E-state index in [9.17, 15) is 9.18 Å². The molecule has 0 spiro atoms. The van der Waals surface area contributed by atoms with Crippen LogP contribution in [-0.4, -0.2) is 35.1 Å². The lowest BCUT2D eigenvalue weighted by Gasteiger charge is -2.34. The molecule has 1 aromatic carbocycles. The van der Waals surface area contributed by atoms with E-state index in [1.807, 2.05) is 30.3 Å². The zero-order valence-corrected chi connectivity index (χ0v) is 12.2. The normalized spacial score (nSPS) is 18.1. The molecular formula is C14H17BrFNO2. The van der Waals surface area contributed by atoms with Gasteiger partial charge in [-0.15, -0.1) is 0 Å². The van der Waals surface area contributed by atoms with Gasteiger partial charge in [0, 0.05) is 31.3 Å². The van der Waals surface area contributed by atoms with Gasteiger partial charge in [-0.05, 0) is 5.56 Å². The van der Waals surface area contributed by atoms with E-state index < -0.39 is 5.67 Å². The highest BCUT2D eigenvalue weighted by Gasteiger charge is 2.35. The maximum atomic E-state index is 14.0. The second-order valence-corrected chi connectivity index (χ2v) is 5.37. The Morgan fingerprint density at radius 3 is 2.53 bits per heavy atom. The van der Waals surface area contributed by atoms with Crippen molar-refractivity contribution in [3.05, 3.63) is 35.9 Å². The average Bonchev–Trinajstić information content (AvgIpc) is 2.47. The van der Waals surface area contributed by atoms with Crippen LogP contribution in [0.2, 0.25) is 0 Å². The molecule has 19 heavy (non-hydrogen) atoms. The summed E-state index contributed by atoms with van der Waals surface area (Å²) < 4.78 is 19.2. The van der Waals surface area contributed by atoms with Gasteiger partial charge in [0.15, 0.2) is 0 Å². The highest BCUT2D eigenvalue weighted by Crippen LogP contribution is 2.28. The Kier molecular flexibility index (Phi) is 4.80. The molecular weight excluding hydrogens is 313 g/mol. The third kappa shape index (κ3) is 3.93. The van der Waals surface area contributed by atoms with E-state index in [-0.39, 0.29) is 12.7 Å². The molecule has 104 valence electrons. The molecule has 0 atom stereocenters. The third-order valence-electron chi connectivity index (χ3n) is 3.36. The van der Waals surface area contributed by atoms with Gasteiger partial charge in [0.1, 0.15) is 12.3 Å². The lowest BCUT2D eigenvalue weighted by Crippen LogP contribution is -2.45. The van der Waals surface area contributed by atoms with Gasteiger partial charge < -0.3 is 9.64 Å². The van der Waals surface area contributed by atoms with Crippen LogP contribution in [0, 0.1) is 0 Å². The summed E-state index contributed by atoms with van der Waals surface area (Å²) >= 11 is 3.18. The van der Waals surface area contributed by atoms with Gasteiger partial charge >= 0.3 is 6.09 Å². The van der Waals surface area contributed by atoms with E-state index >= 15 is 0 Å². The number of hydrogen-bond donors (Lipinski definition) is 0. The first-order valence-corrected chi connectivity index (χ1v) is 7.46. The lowest BCUT2D eigenvalue weighted by atomic mass is 9.96. The molecule has 0 N–H and O–H groups in total. The van der Waals surface area contributed by atoms with Crippen LogP contribution in [0.3, 0.4) is 0 Å². The standard InChI is InChI=1S/C14H17BrFNO2/c15-11-14(16)6-8-17(9-7-14)13(18)19-10-12-4-2-1-3-5-12/h1-5H,6-11H2. The summed E-state index contributed by atoms with van der Waals surface area (Å²) in [5.74, 6) is 0. The summed E-state index contributed by atoms with van der Waals surface area (Å²) in [6.07, 6.45) is 0.359. The van der Waals surface area contributed by atoms with Gasteiger partial charge in [0.2, 0.25) is 0 Å². The van der Waals surface area contributed by atoms with E-state index in [1.165, 1.54) is 0 Å². The Balaban J connectivity index is 1.79. The van der Waals surface area contributed by atoms with Crippen molar-refractivity contribution in [2.45, 2.75) is 25.1 Å². The molecule has 0 unspecified atom stereocenters. The highest BCUT2D eigenvalue weighted by molar-refractivity contribution is 9.09. The Bertz CT molecular complexity index is 419. The first kappa shape index (κ1) is 14.3. The molecule has 2 rings (SSSR count). The number of hydrogen-bond acceptors (Lipinski definition) is 2. The summed E-state index contributed by atoms with van der Waals surface area (Å²) in [5.41, 5.74) is -0.232. The number of benzene rings is 1. The number of halogens is 2. The monoisotopic (exact) mass is 329 g/mol.